The lowest BCUT2D eigenvalue weighted by molar-refractivity contribution is -0.141. The number of benzene rings is 1. The summed E-state index contributed by atoms with van der Waals surface area (Å²) in [7, 11) is 0. The van der Waals surface area contributed by atoms with Crippen LogP contribution in [-0.4, -0.2) is 36.1 Å². The molecule has 1 amide bonds. The van der Waals surface area contributed by atoms with Gasteiger partial charge in [0.05, 0.1) is 5.54 Å². The molecule has 4 heteroatoms. The van der Waals surface area contributed by atoms with E-state index in [-0.39, 0.29) is 11.3 Å². The molecule has 0 spiro atoms. The fourth-order valence-corrected chi connectivity index (χ4v) is 3.46. The molecule has 3 rings (SSSR count). The van der Waals surface area contributed by atoms with Crippen molar-refractivity contribution in [2.24, 2.45) is 5.73 Å². The highest BCUT2D eigenvalue weighted by Gasteiger charge is 2.39. The standard InChI is InChI=1S/C19H28N2O2/c1-18(2,3)16-5-4-14-6-9-21(13-15(14)12-16)17(22)19(20)7-10-23-11-8-19/h4-5,12H,6-11,13,20H2,1-3H3. The molecule has 0 radical (unpaired) electrons. The Morgan fingerprint density at radius 1 is 1.22 bits per heavy atom. The van der Waals surface area contributed by atoms with E-state index in [0.29, 0.717) is 32.6 Å². The second-order valence-electron chi connectivity index (χ2n) is 7.98. The highest BCUT2D eigenvalue weighted by molar-refractivity contribution is 5.86. The Morgan fingerprint density at radius 2 is 1.91 bits per heavy atom. The second-order valence-corrected chi connectivity index (χ2v) is 7.98. The summed E-state index contributed by atoms with van der Waals surface area (Å²) in [6.07, 6.45) is 2.16. The van der Waals surface area contributed by atoms with Crippen LogP contribution in [0.15, 0.2) is 18.2 Å². The van der Waals surface area contributed by atoms with Crippen molar-refractivity contribution in [3.05, 3.63) is 34.9 Å². The van der Waals surface area contributed by atoms with Crippen LogP contribution in [0.1, 0.15) is 50.3 Å². The zero-order chi connectivity index (χ0) is 16.7. The second kappa shape index (κ2) is 5.91. The highest BCUT2D eigenvalue weighted by Crippen LogP contribution is 2.29. The van der Waals surface area contributed by atoms with Crippen LogP contribution in [0, 0.1) is 0 Å². The number of rotatable bonds is 1. The predicted octanol–water partition coefficient (Wildman–Crippen LogP) is 2.38. The van der Waals surface area contributed by atoms with E-state index in [1.54, 1.807) is 0 Å². The van der Waals surface area contributed by atoms with Crippen LogP contribution in [-0.2, 0) is 27.9 Å². The molecule has 1 fully saturated rings. The summed E-state index contributed by atoms with van der Waals surface area (Å²) in [4.78, 5) is 14.9. The van der Waals surface area contributed by atoms with E-state index in [1.165, 1.54) is 16.7 Å². The molecular formula is C19H28N2O2. The van der Waals surface area contributed by atoms with Gasteiger partial charge >= 0.3 is 0 Å². The van der Waals surface area contributed by atoms with Crippen molar-refractivity contribution < 1.29 is 9.53 Å². The Balaban J connectivity index is 1.80. The van der Waals surface area contributed by atoms with Gasteiger partial charge in [0, 0.05) is 26.3 Å². The normalized spacial score (nSPS) is 21.0. The molecule has 0 saturated carbocycles. The van der Waals surface area contributed by atoms with E-state index in [9.17, 15) is 4.79 Å². The van der Waals surface area contributed by atoms with Crippen LogP contribution < -0.4 is 5.73 Å². The number of hydrogen-bond donors (Lipinski definition) is 1. The van der Waals surface area contributed by atoms with E-state index in [4.69, 9.17) is 10.5 Å². The SMILES string of the molecule is CC(C)(C)c1ccc2c(c1)CN(C(=O)C1(N)CCOCC1)CC2. The molecule has 4 nitrogen and oxygen atoms in total. The lowest BCUT2D eigenvalue weighted by Crippen LogP contribution is -2.58. The molecule has 1 aromatic rings. The number of nitrogens with two attached hydrogens (primary N) is 1. The van der Waals surface area contributed by atoms with E-state index in [1.807, 2.05) is 4.90 Å². The fourth-order valence-electron chi connectivity index (χ4n) is 3.46. The lowest BCUT2D eigenvalue weighted by Gasteiger charge is -2.39. The van der Waals surface area contributed by atoms with Crippen molar-refractivity contribution in [3.63, 3.8) is 0 Å². The molecule has 2 aliphatic rings. The third-order valence-electron chi connectivity index (χ3n) is 5.18. The summed E-state index contributed by atoms with van der Waals surface area (Å²) in [5, 5.41) is 0. The molecule has 0 bridgehead atoms. The first kappa shape index (κ1) is 16.5. The van der Waals surface area contributed by atoms with Crippen LogP contribution in [0.25, 0.3) is 0 Å². The number of carbonyl (C=O) groups excluding carboxylic acids is 1. The lowest BCUT2D eigenvalue weighted by atomic mass is 9.83. The fraction of sp³-hybridized carbons (Fsp3) is 0.632. The maximum Gasteiger partial charge on any atom is 0.243 e. The van der Waals surface area contributed by atoms with Crippen LogP contribution in [0.2, 0.25) is 0 Å². The number of carbonyl (C=O) groups is 1. The molecule has 23 heavy (non-hydrogen) atoms. The van der Waals surface area contributed by atoms with E-state index in [0.717, 1.165) is 13.0 Å². The molecule has 1 saturated heterocycles. The first-order chi connectivity index (χ1) is 10.8. The smallest absolute Gasteiger partial charge is 0.243 e. The quantitative estimate of drug-likeness (QED) is 0.865. The number of hydrogen-bond acceptors (Lipinski definition) is 3. The third kappa shape index (κ3) is 3.29. The van der Waals surface area contributed by atoms with Gasteiger partial charge in [-0.05, 0) is 41.4 Å². The van der Waals surface area contributed by atoms with Crippen molar-refractivity contribution in [2.45, 2.75) is 57.5 Å². The molecule has 2 N–H and O–H groups in total. The monoisotopic (exact) mass is 316 g/mol. The Hall–Kier alpha value is -1.39. The van der Waals surface area contributed by atoms with Crippen molar-refractivity contribution >= 4 is 5.91 Å². The van der Waals surface area contributed by atoms with Gasteiger partial charge in [-0.2, -0.15) is 0 Å². The zero-order valence-electron chi connectivity index (χ0n) is 14.5. The Kier molecular flexibility index (Phi) is 4.23. The van der Waals surface area contributed by atoms with Crippen LogP contribution in [0.4, 0.5) is 0 Å². The van der Waals surface area contributed by atoms with Crippen LogP contribution in [0.3, 0.4) is 0 Å². The Labute approximate surface area is 139 Å². The van der Waals surface area contributed by atoms with Gasteiger partial charge in [0.15, 0.2) is 0 Å². The molecule has 2 heterocycles. The van der Waals surface area contributed by atoms with Gasteiger partial charge in [0.25, 0.3) is 0 Å². The number of nitrogens with zero attached hydrogens (tertiary/aromatic N) is 1. The number of amides is 1. The molecule has 0 atom stereocenters. The summed E-state index contributed by atoms with van der Waals surface area (Å²) >= 11 is 0. The summed E-state index contributed by atoms with van der Waals surface area (Å²) in [5.74, 6) is 0.0904. The molecule has 0 unspecified atom stereocenters. The van der Waals surface area contributed by atoms with Crippen molar-refractivity contribution in [1.82, 2.24) is 4.90 Å². The van der Waals surface area contributed by atoms with Crippen molar-refractivity contribution in [2.75, 3.05) is 19.8 Å². The van der Waals surface area contributed by atoms with Crippen LogP contribution in [0.5, 0.6) is 0 Å². The maximum absolute atomic E-state index is 12.9. The van der Waals surface area contributed by atoms with Gasteiger partial charge in [-0.15, -0.1) is 0 Å². The first-order valence-electron chi connectivity index (χ1n) is 8.58. The predicted molar refractivity (Wildman–Crippen MR) is 91.2 cm³/mol. The van der Waals surface area contributed by atoms with Gasteiger partial charge in [-0.25, -0.2) is 0 Å². The van der Waals surface area contributed by atoms with Crippen LogP contribution >= 0.6 is 0 Å². The van der Waals surface area contributed by atoms with E-state index >= 15 is 0 Å². The van der Waals surface area contributed by atoms with E-state index in [2.05, 4.69) is 39.0 Å². The summed E-state index contributed by atoms with van der Waals surface area (Å²) in [5.41, 5.74) is 9.72. The maximum atomic E-state index is 12.9. The molecule has 0 aliphatic carbocycles. The third-order valence-corrected chi connectivity index (χ3v) is 5.18. The average molecular weight is 316 g/mol. The topological polar surface area (TPSA) is 55.6 Å². The van der Waals surface area contributed by atoms with Gasteiger partial charge in [-0.1, -0.05) is 39.0 Å². The van der Waals surface area contributed by atoms with Gasteiger partial charge in [0.1, 0.15) is 0 Å². The average Bonchev–Trinajstić information content (AvgIpc) is 2.53. The summed E-state index contributed by atoms with van der Waals surface area (Å²) in [6.45, 7) is 9.27. The minimum Gasteiger partial charge on any atom is -0.381 e. The van der Waals surface area contributed by atoms with Gasteiger partial charge < -0.3 is 15.4 Å². The first-order valence-corrected chi connectivity index (χ1v) is 8.58. The minimum atomic E-state index is -0.739. The molecule has 2 aliphatic heterocycles. The Morgan fingerprint density at radius 3 is 2.57 bits per heavy atom. The molecule has 126 valence electrons. The zero-order valence-corrected chi connectivity index (χ0v) is 14.5. The van der Waals surface area contributed by atoms with E-state index < -0.39 is 5.54 Å². The summed E-state index contributed by atoms with van der Waals surface area (Å²) < 4.78 is 5.36. The number of ether oxygens (including phenoxy) is 1. The number of fused-ring (bicyclic) bond motifs is 1. The molecule has 0 aromatic heterocycles. The van der Waals surface area contributed by atoms with Crippen molar-refractivity contribution in [3.8, 4) is 0 Å². The summed E-state index contributed by atoms with van der Waals surface area (Å²) in [6, 6.07) is 6.71. The van der Waals surface area contributed by atoms with Gasteiger partial charge in [-0.3, -0.25) is 4.79 Å². The minimum absolute atomic E-state index is 0.0904. The van der Waals surface area contributed by atoms with Crippen molar-refractivity contribution in [1.29, 1.82) is 0 Å². The molecule has 1 aromatic carbocycles. The molecular weight excluding hydrogens is 288 g/mol. The largest absolute Gasteiger partial charge is 0.381 e. The highest BCUT2D eigenvalue weighted by atomic mass is 16.5. The Bertz CT molecular complexity index is 598. The van der Waals surface area contributed by atoms with Gasteiger partial charge in [0.2, 0.25) is 5.91 Å².